The highest BCUT2D eigenvalue weighted by Gasteiger charge is 2.23. The van der Waals surface area contributed by atoms with Gasteiger partial charge in [-0.05, 0) is 6.42 Å². The van der Waals surface area contributed by atoms with E-state index >= 15 is 0 Å². The molecule has 0 atom stereocenters. The van der Waals surface area contributed by atoms with E-state index in [9.17, 15) is 4.79 Å². The van der Waals surface area contributed by atoms with Crippen LogP contribution >= 0.6 is 0 Å². The second-order valence-electron chi connectivity index (χ2n) is 4.26. The van der Waals surface area contributed by atoms with Crippen LogP contribution in [0.2, 0.25) is 0 Å². The number of anilines is 1. The standard InChI is InChI=1S/C11H19N5O/c1-2-3-8-9(12)10(15-14-8)11(17)16-6-4-13-5-7-16/h13H,2-7,12H2,1H3,(H,14,15). The minimum Gasteiger partial charge on any atom is -0.395 e. The molecule has 0 aliphatic carbocycles. The molecule has 1 aliphatic rings. The van der Waals surface area contributed by atoms with Crippen molar-refractivity contribution in [2.75, 3.05) is 31.9 Å². The van der Waals surface area contributed by atoms with Crippen molar-refractivity contribution >= 4 is 11.6 Å². The number of hydrogen-bond acceptors (Lipinski definition) is 4. The van der Waals surface area contributed by atoms with Gasteiger partial charge in [0, 0.05) is 26.2 Å². The number of rotatable bonds is 3. The summed E-state index contributed by atoms with van der Waals surface area (Å²) in [6, 6.07) is 0. The lowest BCUT2D eigenvalue weighted by atomic mass is 10.2. The van der Waals surface area contributed by atoms with Crippen LogP contribution in [-0.2, 0) is 6.42 Å². The summed E-state index contributed by atoms with van der Waals surface area (Å²) in [5, 5.41) is 10.1. The molecule has 0 aromatic carbocycles. The number of hydrogen-bond donors (Lipinski definition) is 3. The van der Waals surface area contributed by atoms with Crippen LogP contribution in [0.4, 0.5) is 5.69 Å². The predicted molar refractivity (Wildman–Crippen MR) is 65.8 cm³/mol. The van der Waals surface area contributed by atoms with Crippen LogP contribution in [0.1, 0.15) is 29.5 Å². The molecule has 6 nitrogen and oxygen atoms in total. The first-order valence-electron chi connectivity index (χ1n) is 6.06. The average Bonchev–Trinajstić information content (AvgIpc) is 2.72. The maximum atomic E-state index is 12.2. The number of H-pyrrole nitrogens is 1. The summed E-state index contributed by atoms with van der Waals surface area (Å²) in [6.45, 7) is 5.16. The Kier molecular flexibility index (Phi) is 3.63. The highest BCUT2D eigenvalue weighted by atomic mass is 16.2. The fourth-order valence-corrected chi connectivity index (χ4v) is 2.01. The molecule has 1 aliphatic heterocycles. The molecule has 1 aromatic rings. The molecule has 1 saturated heterocycles. The molecule has 4 N–H and O–H groups in total. The largest absolute Gasteiger partial charge is 0.395 e. The third kappa shape index (κ3) is 2.41. The van der Waals surface area contributed by atoms with E-state index in [2.05, 4.69) is 22.4 Å². The van der Waals surface area contributed by atoms with Crippen LogP contribution < -0.4 is 11.1 Å². The van der Waals surface area contributed by atoms with Gasteiger partial charge in [0.1, 0.15) is 0 Å². The lowest BCUT2D eigenvalue weighted by Crippen LogP contribution is -2.46. The SMILES string of the molecule is CCCc1[nH]nc(C(=O)N2CCNCC2)c1N. The zero-order valence-corrected chi connectivity index (χ0v) is 10.1. The van der Waals surface area contributed by atoms with Gasteiger partial charge < -0.3 is 16.0 Å². The molecule has 2 rings (SSSR count). The lowest BCUT2D eigenvalue weighted by Gasteiger charge is -2.26. The summed E-state index contributed by atoms with van der Waals surface area (Å²) < 4.78 is 0. The Labute approximate surface area is 101 Å². The van der Waals surface area contributed by atoms with Crippen LogP contribution in [0.3, 0.4) is 0 Å². The monoisotopic (exact) mass is 237 g/mol. The first-order chi connectivity index (χ1) is 8.24. The van der Waals surface area contributed by atoms with E-state index in [0.29, 0.717) is 24.5 Å². The summed E-state index contributed by atoms with van der Waals surface area (Å²) in [5.41, 5.74) is 7.69. The smallest absolute Gasteiger partial charge is 0.276 e. The Morgan fingerprint density at radius 1 is 1.47 bits per heavy atom. The molecule has 2 heterocycles. The maximum Gasteiger partial charge on any atom is 0.276 e. The maximum absolute atomic E-state index is 12.2. The number of nitrogens with two attached hydrogens (primary N) is 1. The minimum atomic E-state index is -0.0670. The molecule has 0 bridgehead atoms. The summed E-state index contributed by atoms with van der Waals surface area (Å²) in [6.07, 6.45) is 1.81. The lowest BCUT2D eigenvalue weighted by molar-refractivity contribution is 0.0731. The van der Waals surface area contributed by atoms with Gasteiger partial charge >= 0.3 is 0 Å². The van der Waals surface area contributed by atoms with Crippen molar-refractivity contribution in [2.45, 2.75) is 19.8 Å². The second kappa shape index (κ2) is 5.18. The van der Waals surface area contributed by atoms with Crippen molar-refractivity contribution in [2.24, 2.45) is 0 Å². The first kappa shape index (κ1) is 11.9. The number of carbonyl (C=O) groups excluding carboxylic acids is 1. The highest BCUT2D eigenvalue weighted by molar-refractivity contribution is 5.97. The van der Waals surface area contributed by atoms with Crippen molar-refractivity contribution in [1.82, 2.24) is 20.4 Å². The van der Waals surface area contributed by atoms with Crippen LogP contribution in [0.25, 0.3) is 0 Å². The third-order valence-corrected chi connectivity index (χ3v) is 2.99. The number of nitrogens with one attached hydrogen (secondary N) is 2. The quantitative estimate of drug-likeness (QED) is 0.690. The Morgan fingerprint density at radius 3 is 2.82 bits per heavy atom. The van der Waals surface area contributed by atoms with Gasteiger partial charge in [-0.15, -0.1) is 0 Å². The topological polar surface area (TPSA) is 87.0 Å². The van der Waals surface area contributed by atoms with Crippen molar-refractivity contribution in [3.8, 4) is 0 Å². The van der Waals surface area contributed by atoms with Gasteiger partial charge in [0.2, 0.25) is 0 Å². The fourth-order valence-electron chi connectivity index (χ4n) is 2.01. The molecular formula is C11H19N5O. The summed E-state index contributed by atoms with van der Waals surface area (Å²) in [5.74, 6) is -0.0670. The van der Waals surface area contributed by atoms with Crippen molar-refractivity contribution in [1.29, 1.82) is 0 Å². The van der Waals surface area contributed by atoms with Crippen LogP contribution in [0, 0.1) is 0 Å². The Morgan fingerprint density at radius 2 is 2.18 bits per heavy atom. The van der Waals surface area contributed by atoms with Gasteiger partial charge in [-0.2, -0.15) is 5.10 Å². The van der Waals surface area contributed by atoms with Crippen LogP contribution in [0.15, 0.2) is 0 Å². The zero-order valence-electron chi connectivity index (χ0n) is 10.1. The summed E-state index contributed by atoms with van der Waals surface area (Å²) in [4.78, 5) is 14.0. The number of nitrogen functional groups attached to an aromatic ring is 1. The normalized spacial score (nSPS) is 16.2. The molecule has 0 spiro atoms. The zero-order chi connectivity index (χ0) is 12.3. The summed E-state index contributed by atoms with van der Waals surface area (Å²) in [7, 11) is 0. The van der Waals surface area contributed by atoms with Crippen LogP contribution in [-0.4, -0.2) is 47.2 Å². The van der Waals surface area contributed by atoms with E-state index in [1.165, 1.54) is 0 Å². The van der Waals surface area contributed by atoms with E-state index in [1.807, 2.05) is 0 Å². The molecular weight excluding hydrogens is 218 g/mol. The molecule has 0 radical (unpaired) electrons. The fraction of sp³-hybridized carbons (Fsp3) is 0.636. The van der Waals surface area contributed by atoms with Crippen molar-refractivity contribution in [3.63, 3.8) is 0 Å². The Balaban J connectivity index is 2.13. The number of aromatic nitrogens is 2. The van der Waals surface area contributed by atoms with E-state index in [0.717, 1.165) is 31.6 Å². The number of nitrogens with zero attached hydrogens (tertiary/aromatic N) is 2. The highest BCUT2D eigenvalue weighted by Crippen LogP contribution is 2.17. The van der Waals surface area contributed by atoms with E-state index in [1.54, 1.807) is 4.90 Å². The molecule has 1 fully saturated rings. The average molecular weight is 237 g/mol. The molecule has 94 valence electrons. The predicted octanol–water partition coefficient (Wildman–Crippen LogP) is -0.0102. The van der Waals surface area contributed by atoms with Crippen molar-refractivity contribution < 1.29 is 4.79 Å². The number of aryl methyl sites for hydroxylation is 1. The first-order valence-corrected chi connectivity index (χ1v) is 6.06. The van der Waals surface area contributed by atoms with E-state index in [4.69, 9.17) is 5.73 Å². The number of amides is 1. The minimum absolute atomic E-state index is 0.0670. The van der Waals surface area contributed by atoms with Gasteiger partial charge in [-0.1, -0.05) is 13.3 Å². The number of piperazine rings is 1. The summed E-state index contributed by atoms with van der Waals surface area (Å²) >= 11 is 0. The van der Waals surface area contributed by atoms with Gasteiger partial charge in [-0.25, -0.2) is 0 Å². The Bertz CT molecular complexity index is 395. The number of aromatic amines is 1. The molecule has 1 aromatic heterocycles. The van der Waals surface area contributed by atoms with Crippen LogP contribution in [0.5, 0.6) is 0 Å². The van der Waals surface area contributed by atoms with E-state index in [-0.39, 0.29) is 5.91 Å². The molecule has 0 saturated carbocycles. The second-order valence-corrected chi connectivity index (χ2v) is 4.26. The molecule has 17 heavy (non-hydrogen) atoms. The van der Waals surface area contributed by atoms with Gasteiger partial charge in [0.15, 0.2) is 5.69 Å². The molecule has 1 amide bonds. The van der Waals surface area contributed by atoms with Gasteiger partial charge in [-0.3, -0.25) is 9.89 Å². The molecule has 0 unspecified atom stereocenters. The Hall–Kier alpha value is -1.56. The van der Waals surface area contributed by atoms with Gasteiger partial charge in [0.25, 0.3) is 5.91 Å². The molecule has 6 heteroatoms. The number of carbonyl (C=O) groups is 1. The third-order valence-electron chi connectivity index (χ3n) is 2.99. The van der Waals surface area contributed by atoms with E-state index < -0.39 is 0 Å². The van der Waals surface area contributed by atoms with Gasteiger partial charge in [0.05, 0.1) is 11.4 Å². The van der Waals surface area contributed by atoms with Crippen molar-refractivity contribution in [3.05, 3.63) is 11.4 Å².